The van der Waals surface area contributed by atoms with Gasteiger partial charge in [0.15, 0.2) is 5.82 Å². The highest BCUT2D eigenvalue weighted by Crippen LogP contribution is 2.32. The summed E-state index contributed by atoms with van der Waals surface area (Å²) >= 11 is 0. The summed E-state index contributed by atoms with van der Waals surface area (Å²) in [6.07, 6.45) is -3.10. The lowest BCUT2D eigenvalue weighted by molar-refractivity contribution is -0.137. The SMILES string of the molecule is Cc1ccc(COc2cc(N(C)C)ccc2C=Nn2c(-c3cccc(C(F)(F)F)c3)nc3ccccc3c2=O)cc1. The lowest BCUT2D eigenvalue weighted by Gasteiger charge is -2.16. The van der Waals surface area contributed by atoms with Crippen molar-refractivity contribution >= 4 is 22.8 Å². The third kappa shape index (κ3) is 6.14. The Balaban J connectivity index is 1.60. The van der Waals surface area contributed by atoms with E-state index in [0.717, 1.165) is 33.6 Å². The quantitative estimate of drug-likeness (QED) is 0.204. The fourth-order valence-corrected chi connectivity index (χ4v) is 4.25. The number of para-hydroxylation sites is 1. The Morgan fingerprint density at radius 3 is 2.44 bits per heavy atom. The lowest BCUT2D eigenvalue weighted by Crippen LogP contribution is -2.20. The molecule has 0 saturated heterocycles. The molecule has 5 rings (SSSR count). The molecule has 0 N–H and O–H groups in total. The molecule has 0 saturated carbocycles. The predicted molar refractivity (Wildman–Crippen MR) is 156 cm³/mol. The van der Waals surface area contributed by atoms with Gasteiger partial charge in [-0.05, 0) is 48.9 Å². The van der Waals surface area contributed by atoms with Crippen LogP contribution in [0.15, 0.2) is 101 Å². The van der Waals surface area contributed by atoms with Gasteiger partial charge in [0.1, 0.15) is 12.4 Å². The van der Waals surface area contributed by atoms with Crippen LogP contribution in [0.4, 0.5) is 18.9 Å². The maximum absolute atomic E-state index is 13.5. The third-order valence-electron chi connectivity index (χ3n) is 6.54. The monoisotopic (exact) mass is 556 g/mol. The molecule has 0 unspecified atom stereocenters. The van der Waals surface area contributed by atoms with Crippen molar-refractivity contribution < 1.29 is 17.9 Å². The third-order valence-corrected chi connectivity index (χ3v) is 6.54. The summed E-state index contributed by atoms with van der Waals surface area (Å²) in [7, 11) is 3.82. The smallest absolute Gasteiger partial charge is 0.416 e. The number of benzene rings is 4. The Morgan fingerprint density at radius 1 is 0.951 bits per heavy atom. The predicted octanol–water partition coefficient (Wildman–Crippen LogP) is 6.92. The summed E-state index contributed by atoms with van der Waals surface area (Å²) in [6.45, 7) is 2.32. The molecule has 9 heteroatoms. The van der Waals surface area contributed by atoms with Crippen molar-refractivity contribution in [3.05, 3.63) is 124 Å². The molecule has 6 nitrogen and oxygen atoms in total. The average Bonchev–Trinajstić information content (AvgIpc) is 2.96. The topological polar surface area (TPSA) is 59.7 Å². The van der Waals surface area contributed by atoms with Gasteiger partial charge in [0.2, 0.25) is 0 Å². The Kier molecular flexibility index (Phi) is 7.61. The number of aryl methyl sites for hydroxylation is 1. The highest BCUT2D eigenvalue weighted by molar-refractivity contribution is 5.85. The first-order valence-electron chi connectivity index (χ1n) is 12.8. The summed E-state index contributed by atoms with van der Waals surface area (Å²) in [6, 6.07) is 24.9. The average molecular weight is 557 g/mol. The normalized spacial score (nSPS) is 11.8. The Labute approximate surface area is 235 Å². The van der Waals surface area contributed by atoms with Crippen LogP contribution in [0, 0.1) is 6.92 Å². The van der Waals surface area contributed by atoms with E-state index in [0.29, 0.717) is 28.8 Å². The van der Waals surface area contributed by atoms with E-state index in [9.17, 15) is 18.0 Å². The standard InChI is InChI=1S/C32H27F3N4O2/c1-21-11-13-22(14-12-21)20-41-29-18-26(38(2)3)16-15-24(29)19-36-39-30(23-7-6-8-25(17-23)32(33,34)35)37-28-10-5-4-9-27(28)31(39)40/h4-19H,20H2,1-3H3. The molecule has 1 heterocycles. The molecular formula is C32H27F3N4O2. The minimum Gasteiger partial charge on any atom is -0.488 e. The molecular weight excluding hydrogens is 529 g/mol. The number of alkyl halides is 3. The molecule has 0 aliphatic heterocycles. The summed E-state index contributed by atoms with van der Waals surface area (Å²) in [5.41, 5.74) is 2.71. The lowest BCUT2D eigenvalue weighted by atomic mass is 10.1. The zero-order valence-corrected chi connectivity index (χ0v) is 22.7. The number of anilines is 1. The Hall–Kier alpha value is -4.92. The largest absolute Gasteiger partial charge is 0.488 e. The summed E-state index contributed by atoms with van der Waals surface area (Å²) in [4.78, 5) is 20.0. The molecule has 1 aromatic heterocycles. The molecule has 0 fully saturated rings. The van der Waals surface area contributed by atoms with Crippen LogP contribution >= 0.6 is 0 Å². The molecule has 0 aliphatic rings. The minimum atomic E-state index is -4.56. The van der Waals surface area contributed by atoms with Crippen LogP contribution in [0.2, 0.25) is 0 Å². The number of hydrogen-bond donors (Lipinski definition) is 0. The highest BCUT2D eigenvalue weighted by Gasteiger charge is 2.31. The second-order valence-corrected chi connectivity index (χ2v) is 9.78. The number of aromatic nitrogens is 2. The number of fused-ring (bicyclic) bond motifs is 1. The minimum absolute atomic E-state index is 0.0110. The second-order valence-electron chi connectivity index (χ2n) is 9.78. The van der Waals surface area contributed by atoms with Crippen LogP contribution in [0.5, 0.6) is 5.75 Å². The Bertz CT molecular complexity index is 1790. The summed E-state index contributed by atoms with van der Waals surface area (Å²) in [5.74, 6) is 0.519. The van der Waals surface area contributed by atoms with Crippen LogP contribution in [0.3, 0.4) is 0 Å². The van der Waals surface area contributed by atoms with Gasteiger partial charge in [-0.15, -0.1) is 0 Å². The summed E-state index contributed by atoms with van der Waals surface area (Å²) < 4.78 is 47.7. The van der Waals surface area contributed by atoms with E-state index in [1.54, 1.807) is 24.3 Å². The van der Waals surface area contributed by atoms with Gasteiger partial charge in [0.25, 0.3) is 5.56 Å². The van der Waals surface area contributed by atoms with Gasteiger partial charge in [-0.1, -0.05) is 54.1 Å². The van der Waals surface area contributed by atoms with Gasteiger partial charge in [0.05, 0.1) is 22.7 Å². The molecule has 4 aromatic carbocycles. The first kappa shape index (κ1) is 27.6. The molecule has 5 aromatic rings. The molecule has 0 radical (unpaired) electrons. The van der Waals surface area contributed by atoms with Crippen molar-refractivity contribution in [2.24, 2.45) is 5.10 Å². The van der Waals surface area contributed by atoms with Crippen LogP contribution < -0.4 is 15.2 Å². The fraction of sp³-hybridized carbons (Fsp3) is 0.156. The van der Waals surface area contributed by atoms with Crippen molar-refractivity contribution in [1.82, 2.24) is 9.66 Å². The van der Waals surface area contributed by atoms with Gasteiger partial charge in [0, 0.05) is 37.0 Å². The van der Waals surface area contributed by atoms with Crippen molar-refractivity contribution in [2.45, 2.75) is 19.7 Å². The van der Waals surface area contributed by atoms with Crippen LogP contribution in [0.1, 0.15) is 22.3 Å². The number of hydrogen-bond acceptors (Lipinski definition) is 5. The zero-order valence-electron chi connectivity index (χ0n) is 22.7. The van der Waals surface area contributed by atoms with Crippen molar-refractivity contribution in [3.63, 3.8) is 0 Å². The van der Waals surface area contributed by atoms with Crippen molar-refractivity contribution in [3.8, 4) is 17.1 Å². The second kappa shape index (κ2) is 11.3. The molecule has 0 bridgehead atoms. The van der Waals surface area contributed by atoms with Crippen molar-refractivity contribution in [1.29, 1.82) is 0 Å². The van der Waals surface area contributed by atoms with Crippen LogP contribution in [-0.4, -0.2) is 30.0 Å². The van der Waals surface area contributed by atoms with Crippen LogP contribution in [-0.2, 0) is 12.8 Å². The van der Waals surface area contributed by atoms with E-state index < -0.39 is 17.3 Å². The van der Waals surface area contributed by atoms with Gasteiger partial charge < -0.3 is 9.64 Å². The zero-order chi connectivity index (χ0) is 29.1. The summed E-state index contributed by atoms with van der Waals surface area (Å²) in [5, 5.41) is 4.73. The molecule has 208 valence electrons. The van der Waals surface area contributed by atoms with Crippen LogP contribution in [0.25, 0.3) is 22.3 Å². The number of ether oxygens (including phenoxy) is 1. The Morgan fingerprint density at radius 2 is 1.71 bits per heavy atom. The van der Waals surface area contributed by atoms with E-state index in [1.165, 1.54) is 18.3 Å². The van der Waals surface area contributed by atoms with E-state index in [-0.39, 0.29) is 11.4 Å². The van der Waals surface area contributed by atoms with E-state index in [4.69, 9.17) is 4.74 Å². The van der Waals surface area contributed by atoms with Gasteiger partial charge >= 0.3 is 6.18 Å². The molecule has 0 aliphatic carbocycles. The highest BCUT2D eigenvalue weighted by atomic mass is 19.4. The maximum Gasteiger partial charge on any atom is 0.416 e. The molecule has 0 atom stereocenters. The van der Waals surface area contributed by atoms with Gasteiger partial charge in [-0.2, -0.15) is 22.9 Å². The van der Waals surface area contributed by atoms with E-state index in [2.05, 4.69) is 10.1 Å². The molecule has 41 heavy (non-hydrogen) atoms. The maximum atomic E-state index is 13.5. The van der Waals surface area contributed by atoms with E-state index in [1.807, 2.05) is 68.4 Å². The fourth-order valence-electron chi connectivity index (χ4n) is 4.25. The first-order valence-corrected chi connectivity index (χ1v) is 12.8. The van der Waals surface area contributed by atoms with Crippen molar-refractivity contribution in [2.75, 3.05) is 19.0 Å². The number of halogens is 3. The number of rotatable bonds is 7. The molecule has 0 amide bonds. The number of nitrogens with zero attached hydrogens (tertiary/aromatic N) is 4. The van der Waals surface area contributed by atoms with Gasteiger partial charge in [-0.3, -0.25) is 4.79 Å². The van der Waals surface area contributed by atoms with E-state index >= 15 is 0 Å². The first-order chi connectivity index (χ1) is 19.6. The van der Waals surface area contributed by atoms with Gasteiger partial charge in [-0.25, -0.2) is 4.98 Å². The molecule has 0 spiro atoms.